The fourth-order valence-electron chi connectivity index (χ4n) is 3.27. The molecule has 1 heterocycles. The van der Waals surface area contributed by atoms with Gasteiger partial charge in [0.05, 0.1) is 13.7 Å². The molecule has 1 unspecified atom stereocenters. The Morgan fingerprint density at radius 2 is 1.74 bits per heavy atom. The Labute approximate surface area is 181 Å². The molecular weight excluding hydrogens is 398 g/mol. The van der Waals surface area contributed by atoms with Crippen molar-refractivity contribution in [1.82, 2.24) is 15.8 Å². The van der Waals surface area contributed by atoms with Gasteiger partial charge in [0.15, 0.2) is 0 Å². The van der Waals surface area contributed by atoms with Crippen molar-refractivity contribution in [2.45, 2.75) is 38.1 Å². The van der Waals surface area contributed by atoms with E-state index in [1.807, 2.05) is 30.3 Å². The van der Waals surface area contributed by atoms with Crippen molar-refractivity contribution in [2.24, 2.45) is 0 Å². The smallest absolute Gasteiger partial charge is 0.344 e. The predicted octanol–water partition coefficient (Wildman–Crippen LogP) is 2.83. The van der Waals surface area contributed by atoms with Crippen LogP contribution in [-0.4, -0.2) is 42.1 Å². The second-order valence-corrected chi connectivity index (χ2v) is 7.55. The van der Waals surface area contributed by atoms with E-state index in [9.17, 15) is 14.4 Å². The minimum absolute atomic E-state index is 0.119. The van der Waals surface area contributed by atoms with E-state index < -0.39 is 23.4 Å². The Hall–Kier alpha value is -3.55. The second-order valence-electron chi connectivity index (χ2n) is 7.55. The molecule has 4 amide bonds. The summed E-state index contributed by atoms with van der Waals surface area (Å²) in [4.78, 5) is 37.2. The van der Waals surface area contributed by atoms with Crippen molar-refractivity contribution in [3.05, 3.63) is 60.2 Å². The van der Waals surface area contributed by atoms with Crippen LogP contribution in [0.25, 0.3) is 0 Å². The molecule has 2 aromatic carbocycles. The van der Waals surface area contributed by atoms with E-state index in [1.54, 1.807) is 38.3 Å². The van der Waals surface area contributed by atoms with Gasteiger partial charge in [0.1, 0.15) is 17.0 Å². The highest BCUT2D eigenvalue weighted by Crippen LogP contribution is 2.22. The highest BCUT2D eigenvalue weighted by Gasteiger charge is 2.48. The first-order valence-electron chi connectivity index (χ1n) is 10.2. The zero-order chi connectivity index (χ0) is 22.3. The molecule has 1 aliphatic rings. The maximum atomic E-state index is 12.8. The molecule has 0 aromatic heterocycles. The van der Waals surface area contributed by atoms with E-state index in [1.165, 1.54) is 0 Å². The first-order valence-corrected chi connectivity index (χ1v) is 10.2. The third-order valence-electron chi connectivity index (χ3n) is 5.13. The van der Waals surface area contributed by atoms with Crippen molar-refractivity contribution in [3.63, 3.8) is 0 Å². The van der Waals surface area contributed by atoms with E-state index in [0.29, 0.717) is 31.6 Å². The fraction of sp³-hybridized carbons (Fsp3) is 0.348. The molecule has 31 heavy (non-hydrogen) atoms. The average molecular weight is 425 g/mol. The largest absolute Gasteiger partial charge is 0.497 e. The monoisotopic (exact) mass is 425 g/mol. The molecule has 3 rings (SSSR count). The van der Waals surface area contributed by atoms with E-state index in [-0.39, 0.29) is 6.42 Å². The van der Waals surface area contributed by atoms with E-state index in [4.69, 9.17) is 9.47 Å². The number of nitrogens with one attached hydrogen (secondary N) is 2. The van der Waals surface area contributed by atoms with Crippen LogP contribution in [0.2, 0.25) is 0 Å². The van der Waals surface area contributed by atoms with Crippen LogP contribution < -0.4 is 20.2 Å². The van der Waals surface area contributed by atoms with Gasteiger partial charge in [0.2, 0.25) is 5.91 Å². The number of imide groups is 1. The highest BCUT2D eigenvalue weighted by atomic mass is 16.5. The lowest BCUT2D eigenvalue weighted by molar-refractivity contribution is -0.138. The zero-order valence-corrected chi connectivity index (χ0v) is 17.7. The number of hydrazine groups is 1. The summed E-state index contributed by atoms with van der Waals surface area (Å²) in [6.07, 6.45) is 1.62. The fourth-order valence-corrected chi connectivity index (χ4v) is 3.27. The minimum atomic E-state index is -1.06. The molecule has 1 saturated heterocycles. The number of carbonyl (C=O) groups is 3. The average Bonchev–Trinajstić information content (AvgIpc) is 3.00. The van der Waals surface area contributed by atoms with Gasteiger partial charge in [-0.1, -0.05) is 30.3 Å². The van der Waals surface area contributed by atoms with Gasteiger partial charge in [0.25, 0.3) is 5.91 Å². The second kappa shape index (κ2) is 9.97. The Morgan fingerprint density at radius 3 is 2.42 bits per heavy atom. The molecule has 0 bridgehead atoms. The summed E-state index contributed by atoms with van der Waals surface area (Å²) in [5.74, 6) is 0.519. The minimum Gasteiger partial charge on any atom is -0.497 e. The van der Waals surface area contributed by atoms with Crippen LogP contribution in [0.1, 0.15) is 31.7 Å². The van der Waals surface area contributed by atoms with Gasteiger partial charge in [-0.25, -0.2) is 4.79 Å². The van der Waals surface area contributed by atoms with Crippen molar-refractivity contribution in [1.29, 1.82) is 0 Å². The summed E-state index contributed by atoms with van der Waals surface area (Å²) in [6, 6.07) is 16.2. The number of rotatable bonds is 10. The summed E-state index contributed by atoms with van der Waals surface area (Å²) >= 11 is 0. The molecule has 2 N–H and O–H groups in total. The topological polar surface area (TPSA) is 97.0 Å². The predicted molar refractivity (Wildman–Crippen MR) is 114 cm³/mol. The lowest BCUT2D eigenvalue weighted by Crippen LogP contribution is -2.48. The van der Waals surface area contributed by atoms with Crippen molar-refractivity contribution in [3.8, 4) is 11.5 Å². The van der Waals surface area contributed by atoms with Gasteiger partial charge in [-0.05, 0) is 56.0 Å². The number of benzene rings is 2. The number of amides is 4. The van der Waals surface area contributed by atoms with Crippen LogP contribution in [0.15, 0.2) is 54.6 Å². The number of nitrogens with zero attached hydrogens (tertiary/aromatic N) is 1. The van der Waals surface area contributed by atoms with Crippen LogP contribution in [0.4, 0.5) is 4.79 Å². The number of aryl methyl sites for hydroxylation is 1. The molecule has 2 aromatic rings. The quantitative estimate of drug-likeness (QED) is 0.451. The van der Waals surface area contributed by atoms with E-state index >= 15 is 0 Å². The van der Waals surface area contributed by atoms with Gasteiger partial charge in [-0.3, -0.25) is 15.0 Å². The van der Waals surface area contributed by atoms with Crippen LogP contribution >= 0.6 is 0 Å². The first kappa shape index (κ1) is 22.1. The Bertz CT molecular complexity index is 917. The lowest BCUT2D eigenvalue weighted by Gasteiger charge is -2.21. The maximum Gasteiger partial charge on any atom is 0.344 e. The number of ether oxygens (including phenoxy) is 2. The highest BCUT2D eigenvalue weighted by molar-refractivity contribution is 6.07. The molecule has 0 saturated carbocycles. The van der Waals surface area contributed by atoms with Gasteiger partial charge >= 0.3 is 6.03 Å². The molecule has 1 aliphatic heterocycles. The summed E-state index contributed by atoms with van der Waals surface area (Å²) in [7, 11) is 1.59. The Morgan fingerprint density at radius 1 is 1.06 bits per heavy atom. The number of carbonyl (C=O) groups excluding carboxylic acids is 3. The lowest BCUT2D eigenvalue weighted by atomic mass is 9.93. The SMILES string of the molecule is COc1ccc(OCCCC(=O)NN2C(=O)NC(C)(CCc3ccccc3)C2=O)cc1. The van der Waals surface area contributed by atoms with E-state index in [2.05, 4.69) is 10.7 Å². The Kier molecular flexibility index (Phi) is 7.12. The van der Waals surface area contributed by atoms with Gasteiger partial charge in [0, 0.05) is 6.42 Å². The van der Waals surface area contributed by atoms with Crippen molar-refractivity contribution in [2.75, 3.05) is 13.7 Å². The summed E-state index contributed by atoms with van der Waals surface area (Å²) in [6.45, 7) is 2.00. The van der Waals surface area contributed by atoms with Crippen molar-refractivity contribution >= 4 is 17.8 Å². The van der Waals surface area contributed by atoms with Crippen LogP contribution in [0.5, 0.6) is 11.5 Å². The summed E-state index contributed by atoms with van der Waals surface area (Å²) in [5.41, 5.74) is 2.42. The molecular formula is C23H27N3O5. The van der Waals surface area contributed by atoms with Gasteiger partial charge < -0.3 is 14.8 Å². The molecule has 0 spiro atoms. The van der Waals surface area contributed by atoms with Crippen LogP contribution in [0, 0.1) is 0 Å². The number of hydrogen-bond donors (Lipinski definition) is 2. The molecule has 8 heteroatoms. The molecule has 1 fully saturated rings. The third-order valence-corrected chi connectivity index (χ3v) is 5.13. The van der Waals surface area contributed by atoms with Gasteiger partial charge in [-0.15, -0.1) is 0 Å². The van der Waals surface area contributed by atoms with E-state index in [0.717, 1.165) is 16.3 Å². The zero-order valence-electron chi connectivity index (χ0n) is 17.7. The molecule has 0 radical (unpaired) electrons. The molecule has 164 valence electrons. The van der Waals surface area contributed by atoms with Gasteiger partial charge in [-0.2, -0.15) is 5.01 Å². The third kappa shape index (κ3) is 5.75. The first-order chi connectivity index (χ1) is 14.9. The number of urea groups is 1. The Balaban J connectivity index is 1.43. The number of methoxy groups -OCH3 is 1. The summed E-state index contributed by atoms with van der Waals surface area (Å²) < 4.78 is 10.7. The van der Waals surface area contributed by atoms with Crippen LogP contribution in [-0.2, 0) is 16.0 Å². The maximum absolute atomic E-state index is 12.8. The summed E-state index contributed by atoms with van der Waals surface area (Å²) in [5, 5.41) is 3.47. The molecule has 8 nitrogen and oxygen atoms in total. The molecule has 0 aliphatic carbocycles. The standard InChI is InChI=1S/C23H27N3O5/c1-23(15-14-17-7-4-3-5-8-17)21(28)26(22(29)24-23)25-20(27)9-6-16-31-19-12-10-18(30-2)11-13-19/h3-5,7-8,10-13H,6,9,14-16H2,1-2H3,(H,24,29)(H,25,27). The number of hydrogen-bond acceptors (Lipinski definition) is 5. The van der Waals surface area contributed by atoms with Crippen molar-refractivity contribution < 1.29 is 23.9 Å². The molecule has 1 atom stereocenters. The normalized spacial score (nSPS) is 17.9. The van der Waals surface area contributed by atoms with Crippen LogP contribution in [0.3, 0.4) is 0 Å².